The molecule has 0 spiro atoms. The van der Waals surface area contributed by atoms with Gasteiger partial charge in [-0.05, 0) is 42.5 Å². The number of nitrogens with zero attached hydrogens (tertiary/aromatic N) is 1. The van der Waals surface area contributed by atoms with Crippen LogP contribution in [0.4, 0.5) is 11.4 Å². The number of hydrogen-bond acceptors (Lipinski definition) is 3. The fourth-order valence-electron chi connectivity index (χ4n) is 2.80. The second-order valence-electron chi connectivity index (χ2n) is 5.27. The van der Waals surface area contributed by atoms with E-state index in [2.05, 4.69) is 29.6 Å². The first kappa shape index (κ1) is 12.7. The van der Waals surface area contributed by atoms with Crippen LogP contribution in [0.5, 0.6) is 0 Å². The number of fused-ring (bicyclic) bond motifs is 1. The van der Waals surface area contributed by atoms with Gasteiger partial charge < -0.3 is 5.32 Å². The van der Waals surface area contributed by atoms with Crippen LogP contribution in [0.25, 0.3) is 0 Å². The molecule has 4 heteroatoms. The Balaban J connectivity index is 1.75. The summed E-state index contributed by atoms with van der Waals surface area (Å²) in [5, 5.41) is 14.2. The molecule has 1 N–H and O–H groups in total. The molecule has 0 heterocycles. The van der Waals surface area contributed by atoms with Gasteiger partial charge in [-0.2, -0.15) is 0 Å². The second-order valence-corrected chi connectivity index (χ2v) is 5.27. The number of nitro benzene ring substituents is 1. The van der Waals surface area contributed by atoms with E-state index in [4.69, 9.17) is 0 Å². The van der Waals surface area contributed by atoms with Crippen molar-refractivity contribution in [2.24, 2.45) is 0 Å². The van der Waals surface area contributed by atoms with E-state index in [0.29, 0.717) is 6.04 Å². The van der Waals surface area contributed by atoms with Crippen LogP contribution in [-0.4, -0.2) is 11.0 Å². The van der Waals surface area contributed by atoms with Gasteiger partial charge in [-0.1, -0.05) is 24.3 Å². The van der Waals surface area contributed by atoms with E-state index in [-0.39, 0.29) is 10.6 Å². The third kappa shape index (κ3) is 2.37. The van der Waals surface area contributed by atoms with Gasteiger partial charge in [-0.15, -0.1) is 0 Å². The first-order chi connectivity index (χ1) is 9.63. The predicted octanol–water partition coefficient (Wildman–Crippen LogP) is 3.48. The highest BCUT2D eigenvalue weighted by molar-refractivity contribution is 5.56. The summed E-state index contributed by atoms with van der Waals surface area (Å²) >= 11 is 0. The van der Waals surface area contributed by atoms with Gasteiger partial charge in [0.2, 0.25) is 0 Å². The van der Waals surface area contributed by atoms with Crippen molar-refractivity contribution in [3.8, 4) is 0 Å². The number of non-ortho nitro benzene ring substituents is 1. The molecular formula is C16H16N2O2. The van der Waals surface area contributed by atoms with Crippen LogP contribution in [0.2, 0.25) is 0 Å². The standard InChI is InChI=1S/C16H16N2O2/c1-11-8-15(18(19)20)6-7-16(11)17-14-9-12-4-2-3-5-13(12)10-14/h2-8,14,17H,9-10H2,1H3. The topological polar surface area (TPSA) is 55.2 Å². The quantitative estimate of drug-likeness (QED) is 0.685. The normalized spacial score (nSPS) is 14.1. The molecule has 3 rings (SSSR count). The molecule has 20 heavy (non-hydrogen) atoms. The fraction of sp³-hybridized carbons (Fsp3) is 0.250. The second kappa shape index (κ2) is 4.96. The van der Waals surface area contributed by atoms with Crippen molar-refractivity contribution < 1.29 is 4.92 Å². The van der Waals surface area contributed by atoms with Gasteiger partial charge in [0.05, 0.1) is 4.92 Å². The summed E-state index contributed by atoms with van der Waals surface area (Å²) in [6.07, 6.45) is 2.01. The Bertz CT molecular complexity index is 642. The van der Waals surface area contributed by atoms with Gasteiger partial charge in [0, 0.05) is 23.9 Å². The fourth-order valence-corrected chi connectivity index (χ4v) is 2.80. The molecule has 0 saturated heterocycles. The first-order valence-electron chi connectivity index (χ1n) is 6.72. The Morgan fingerprint density at radius 2 is 1.80 bits per heavy atom. The van der Waals surface area contributed by atoms with Crippen LogP contribution in [0.1, 0.15) is 16.7 Å². The molecule has 0 bridgehead atoms. The molecule has 0 amide bonds. The number of aryl methyl sites for hydroxylation is 1. The molecule has 0 fully saturated rings. The van der Waals surface area contributed by atoms with Crippen molar-refractivity contribution in [2.75, 3.05) is 5.32 Å². The highest BCUT2D eigenvalue weighted by Crippen LogP contribution is 2.27. The lowest BCUT2D eigenvalue weighted by atomic mass is 10.1. The summed E-state index contributed by atoms with van der Waals surface area (Å²) in [6.45, 7) is 1.90. The number of rotatable bonds is 3. The van der Waals surface area contributed by atoms with Crippen LogP contribution < -0.4 is 5.32 Å². The Kier molecular flexibility index (Phi) is 3.14. The number of nitro groups is 1. The van der Waals surface area contributed by atoms with Crippen molar-refractivity contribution in [1.82, 2.24) is 0 Å². The maximum absolute atomic E-state index is 10.7. The van der Waals surface area contributed by atoms with E-state index >= 15 is 0 Å². The summed E-state index contributed by atoms with van der Waals surface area (Å²) in [4.78, 5) is 10.4. The molecular weight excluding hydrogens is 252 g/mol. The lowest BCUT2D eigenvalue weighted by Crippen LogP contribution is -2.20. The Hall–Kier alpha value is -2.36. The Morgan fingerprint density at radius 3 is 2.35 bits per heavy atom. The Morgan fingerprint density at radius 1 is 1.15 bits per heavy atom. The molecule has 0 aromatic heterocycles. The zero-order valence-corrected chi connectivity index (χ0v) is 11.3. The average molecular weight is 268 g/mol. The molecule has 0 saturated carbocycles. The zero-order chi connectivity index (χ0) is 14.1. The first-order valence-corrected chi connectivity index (χ1v) is 6.72. The smallest absolute Gasteiger partial charge is 0.269 e. The van der Waals surface area contributed by atoms with E-state index in [1.807, 2.05) is 6.92 Å². The van der Waals surface area contributed by atoms with Crippen LogP contribution in [0.15, 0.2) is 42.5 Å². The molecule has 102 valence electrons. The summed E-state index contributed by atoms with van der Waals surface area (Å²) < 4.78 is 0. The number of benzene rings is 2. The van der Waals surface area contributed by atoms with Gasteiger partial charge in [0.15, 0.2) is 0 Å². The molecule has 2 aromatic rings. The maximum atomic E-state index is 10.7. The summed E-state index contributed by atoms with van der Waals surface area (Å²) in [7, 11) is 0. The van der Waals surface area contributed by atoms with Gasteiger partial charge in [0.25, 0.3) is 5.69 Å². The van der Waals surface area contributed by atoms with Crippen molar-refractivity contribution in [3.63, 3.8) is 0 Å². The van der Waals surface area contributed by atoms with E-state index in [1.165, 1.54) is 11.1 Å². The zero-order valence-electron chi connectivity index (χ0n) is 11.3. The number of nitrogens with one attached hydrogen (secondary N) is 1. The molecule has 0 aliphatic heterocycles. The Labute approximate surface area is 117 Å². The van der Waals surface area contributed by atoms with Gasteiger partial charge in [-0.25, -0.2) is 0 Å². The van der Waals surface area contributed by atoms with Gasteiger partial charge in [-0.3, -0.25) is 10.1 Å². The molecule has 0 radical (unpaired) electrons. The van der Waals surface area contributed by atoms with Crippen LogP contribution in [0, 0.1) is 17.0 Å². The summed E-state index contributed by atoms with van der Waals surface area (Å²) in [5.74, 6) is 0. The van der Waals surface area contributed by atoms with Crippen molar-refractivity contribution in [3.05, 3.63) is 69.3 Å². The lowest BCUT2D eigenvalue weighted by molar-refractivity contribution is -0.384. The lowest BCUT2D eigenvalue weighted by Gasteiger charge is -2.15. The molecule has 0 atom stereocenters. The predicted molar refractivity (Wildman–Crippen MR) is 79.1 cm³/mol. The van der Waals surface area contributed by atoms with Gasteiger partial charge >= 0.3 is 0 Å². The molecule has 1 aliphatic carbocycles. The highest BCUT2D eigenvalue weighted by Gasteiger charge is 2.21. The van der Waals surface area contributed by atoms with E-state index in [0.717, 1.165) is 24.1 Å². The van der Waals surface area contributed by atoms with E-state index in [9.17, 15) is 10.1 Å². The van der Waals surface area contributed by atoms with Gasteiger partial charge in [0.1, 0.15) is 0 Å². The van der Waals surface area contributed by atoms with Crippen molar-refractivity contribution in [1.29, 1.82) is 0 Å². The number of hydrogen-bond donors (Lipinski definition) is 1. The van der Waals surface area contributed by atoms with E-state index < -0.39 is 0 Å². The molecule has 4 nitrogen and oxygen atoms in total. The summed E-state index contributed by atoms with van der Waals surface area (Å²) in [5.41, 5.74) is 4.82. The number of anilines is 1. The minimum Gasteiger partial charge on any atom is -0.381 e. The third-order valence-electron chi connectivity index (χ3n) is 3.83. The minimum atomic E-state index is -0.359. The van der Waals surface area contributed by atoms with Crippen molar-refractivity contribution in [2.45, 2.75) is 25.8 Å². The van der Waals surface area contributed by atoms with E-state index in [1.54, 1.807) is 18.2 Å². The van der Waals surface area contributed by atoms with Crippen molar-refractivity contribution >= 4 is 11.4 Å². The van der Waals surface area contributed by atoms with Crippen LogP contribution >= 0.6 is 0 Å². The average Bonchev–Trinajstić information content (AvgIpc) is 2.83. The minimum absolute atomic E-state index is 0.141. The van der Waals surface area contributed by atoms with Crippen LogP contribution in [-0.2, 0) is 12.8 Å². The molecule has 2 aromatic carbocycles. The highest BCUT2D eigenvalue weighted by atomic mass is 16.6. The third-order valence-corrected chi connectivity index (χ3v) is 3.83. The molecule has 0 unspecified atom stereocenters. The van der Waals surface area contributed by atoms with Crippen LogP contribution in [0.3, 0.4) is 0 Å². The monoisotopic (exact) mass is 268 g/mol. The largest absolute Gasteiger partial charge is 0.381 e. The maximum Gasteiger partial charge on any atom is 0.269 e. The SMILES string of the molecule is Cc1cc([N+](=O)[O-])ccc1NC1Cc2ccccc2C1. The summed E-state index contributed by atoms with van der Waals surface area (Å²) in [6, 6.07) is 13.8. The molecule has 1 aliphatic rings.